The molecule has 0 aliphatic carbocycles. The van der Waals surface area contributed by atoms with Gasteiger partial charge in [-0.1, -0.05) is 18.7 Å². The van der Waals surface area contributed by atoms with Crippen LogP contribution < -0.4 is 15.8 Å². The molecule has 202 valence electrons. The quantitative estimate of drug-likeness (QED) is 0.463. The number of aromatic nitrogens is 2. The first-order chi connectivity index (χ1) is 17.2. The summed E-state index contributed by atoms with van der Waals surface area (Å²) in [5, 5.41) is 2.61. The molecule has 3 rings (SSSR count). The highest BCUT2D eigenvalue weighted by atomic mass is 32.2. The number of carbonyl (C=O) groups excluding carboxylic acids is 1. The predicted molar refractivity (Wildman–Crippen MR) is 129 cm³/mol. The molecule has 1 aromatic carbocycles. The Morgan fingerprint density at radius 2 is 1.92 bits per heavy atom. The second-order valence-electron chi connectivity index (χ2n) is 8.89. The number of ether oxygens (including phenoxy) is 2. The maximum Gasteiger partial charge on any atom is 0.392 e. The first-order valence-corrected chi connectivity index (χ1v) is 11.9. The molecule has 2 heterocycles. The summed E-state index contributed by atoms with van der Waals surface area (Å²) in [5.74, 6) is -3.72. The summed E-state index contributed by atoms with van der Waals surface area (Å²) in [6.07, 6.45) is -3.59. The van der Waals surface area contributed by atoms with Crippen molar-refractivity contribution in [2.75, 3.05) is 25.6 Å². The number of nitrogens with two attached hydrogens (primary N) is 1. The number of aliphatic imine (C=N–C) groups is 1. The van der Waals surface area contributed by atoms with Crippen LogP contribution in [0.25, 0.3) is 0 Å². The molecular weight excluding hydrogens is 521 g/mol. The number of benzene rings is 1. The van der Waals surface area contributed by atoms with Gasteiger partial charge in [0.05, 0.1) is 37.6 Å². The highest BCUT2D eigenvalue weighted by Crippen LogP contribution is 2.50. The van der Waals surface area contributed by atoms with Gasteiger partial charge in [-0.25, -0.2) is 18.7 Å². The lowest BCUT2D eigenvalue weighted by molar-refractivity contribution is -0.139. The molecule has 37 heavy (non-hydrogen) atoms. The normalized spacial score (nSPS) is 23.9. The van der Waals surface area contributed by atoms with E-state index in [-0.39, 0.29) is 40.5 Å². The number of nitrogens with one attached hydrogen (secondary N) is 1. The van der Waals surface area contributed by atoms with Crippen LogP contribution >= 0.6 is 11.8 Å². The van der Waals surface area contributed by atoms with E-state index in [9.17, 15) is 22.4 Å². The first-order valence-electron chi connectivity index (χ1n) is 11.0. The topological polar surface area (TPSA) is 112 Å². The number of halogens is 5. The fourth-order valence-corrected chi connectivity index (χ4v) is 5.30. The Bertz CT molecular complexity index is 1180. The molecule has 1 amide bonds. The summed E-state index contributed by atoms with van der Waals surface area (Å²) >= 11 is 1.28. The van der Waals surface area contributed by atoms with Gasteiger partial charge in [0.15, 0.2) is 16.8 Å². The molecular formula is C23H26F5N5O3S. The van der Waals surface area contributed by atoms with Crippen LogP contribution in [0.15, 0.2) is 29.5 Å². The maximum absolute atomic E-state index is 15.1. The van der Waals surface area contributed by atoms with Gasteiger partial charge in [-0.15, -0.1) is 0 Å². The Morgan fingerprint density at radius 1 is 1.22 bits per heavy atom. The van der Waals surface area contributed by atoms with Crippen LogP contribution in [-0.4, -0.2) is 52.3 Å². The number of carbonyl (C=O) groups is 1. The zero-order chi connectivity index (χ0) is 27.6. The van der Waals surface area contributed by atoms with E-state index in [0.29, 0.717) is 0 Å². The first kappa shape index (κ1) is 28.6. The van der Waals surface area contributed by atoms with Crippen LogP contribution in [0.5, 0.6) is 5.88 Å². The molecule has 1 aliphatic heterocycles. The Balaban J connectivity index is 1.84. The van der Waals surface area contributed by atoms with Crippen LogP contribution in [0.1, 0.15) is 43.2 Å². The fraction of sp³-hybridized carbons (Fsp3) is 0.478. The fourth-order valence-electron chi connectivity index (χ4n) is 4.01. The number of hydrogen-bond donors (Lipinski definition) is 2. The number of nitrogens with zero attached hydrogens (tertiary/aromatic N) is 3. The molecule has 0 unspecified atom stereocenters. The average Bonchev–Trinajstić information content (AvgIpc) is 2.79. The number of hydrogen-bond acceptors (Lipinski definition) is 8. The van der Waals surface area contributed by atoms with Crippen LogP contribution in [-0.2, 0) is 10.3 Å². The van der Waals surface area contributed by atoms with E-state index in [2.05, 4.69) is 20.3 Å². The van der Waals surface area contributed by atoms with E-state index < -0.39 is 47.0 Å². The third-order valence-electron chi connectivity index (χ3n) is 6.20. The summed E-state index contributed by atoms with van der Waals surface area (Å²) in [6, 6.07) is 2.08. The summed E-state index contributed by atoms with van der Waals surface area (Å²) in [7, 11) is 1.53. The highest BCUT2D eigenvalue weighted by Gasteiger charge is 2.50. The van der Waals surface area contributed by atoms with Crippen LogP contribution in [0.4, 0.5) is 27.6 Å². The minimum absolute atomic E-state index is 0.0694. The minimum atomic E-state index is -4.39. The minimum Gasteiger partial charge on any atom is -0.476 e. The summed E-state index contributed by atoms with van der Waals surface area (Å²) in [5.41, 5.74) is 4.36. The van der Waals surface area contributed by atoms with E-state index in [1.807, 2.05) is 13.8 Å². The number of thioether (sulfide) groups is 1. The van der Waals surface area contributed by atoms with E-state index in [1.54, 1.807) is 6.92 Å². The molecule has 0 spiro atoms. The largest absolute Gasteiger partial charge is 0.476 e. The second kappa shape index (κ2) is 10.8. The number of amides is 1. The SMILES string of the molecule is COC[C@@]1(C)SC(N)=N[C@](C)(c2cc(NC(=O)c3cnc(OCCC(F)(F)F)cn3)cc(F)c2F)[C@@H]1C. The molecule has 1 aromatic heterocycles. The third kappa shape index (κ3) is 6.47. The molecule has 0 bridgehead atoms. The molecule has 0 fully saturated rings. The molecule has 0 saturated heterocycles. The Morgan fingerprint density at radius 3 is 2.51 bits per heavy atom. The monoisotopic (exact) mass is 547 g/mol. The van der Waals surface area contributed by atoms with Gasteiger partial charge in [-0.3, -0.25) is 9.79 Å². The smallest absolute Gasteiger partial charge is 0.392 e. The van der Waals surface area contributed by atoms with Gasteiger partial charge in [-0.2, -0.15) is 13.2 Å². The molecule has 2 aromatic rings. The van der Waals surface area contributed by atoms with Gasteiger partial charge in [0, 0.05) is 35.1 Å². The maximum atomic E-state index is 15.1. The molecule has 14 heteroatoms. The molecule has 3 N–H and O–H groups in total. The van der Waals surface area contributed by atoms with Crippen molar-refractivity contribution in [3.05, 3.63) is 47.4 Å². The third-order valence-corrected chi connectivity index (χ3v) is 7.44. The summed E-state index contributed by atoms with van der Waals surface area (Å²) < 4.78 is 76.1. The van der Waals surface area contributed by atoms with Gasteiger partial charge >= 0.3 is 6.18 Å². The van der Waals surface area contributed by atoms with Crippen molar-refractivity contribution in [1.82, 2.24) is 9.97 Å². The lowest BCUT2D eigenvalue weighted by Gasteiger charge is -2.47. The van der Waals surface area contributed by atoms with Crippen molar-refractivity contribution >= 4 is 28.5 Å². The zero-order valence-corrected chi connectivity index (χ0v) is 21.3. The Labute approximate surface area is 214 Å². The molecule has 3 atom stereocenters. The van der Waals surface area contributed by atoms with Crippen LogP contribution in [0.2, 0.25) is 0 Å². The van der Waals surface area contributed by atoms with E-state index >= 15 is 4.39 Å². The molecule has 8 nitrogen and oxygen atoms in total. The average molecular weight is 548 g/mol. The lowest BCUT2D eigenvalue weighted by Crippen LogP contribution is -2.50. The number of methoxy groups -OCH3 is 1. The Hall–Kier alpha value is -3.00. The van der Waals surface area contributed by atoms with Crippen LogP contribution in [0, 0.1) is 17.6 Å². The number of alkyl halides is 3. The second-order valence-corrected chi connectivity index (χ2v) is 10.4. The number of amidine groups is 1. The van der Waals surface area contributed by atoms with Crippen molar-refractivity contribution in [2.45, 2.75) is 43.7 Å². The molecule has 1 aliphatic rings. The number of rotatable bonds is 8. The molecule has 0 radical (unpaired) electrons. The van der Waals surface area contributed by atoms with Gasteiger partial charge in [0.25, 0.3) is 5.91 Å². The number of anilines is 1. The van der Waals surface area contributed by atoms with Gasteiger partial charge in [-0.05, 0) is 19.9 Å². The van der Waals surface area contributed by atoms with Crippen molar-refractivity contribution in [2.24, 2.45) is 16.6 Å². The van der Waals surface area contributed by atoms with Crippen molar-refractivity contribution in [1.29, 1.82) is 0 Å². The van der Waals surface area contributed by atoms with Crippen molar-refractivity contribution in [3.63, 3.8) is 0 Å². The summed E-state index contributed by atoms with van der Waals surface area (Å²) in [6.45, 7) is 4.97. The van der Waals surface area contributed by atoms with Crippen molar-refractivity contribution in [3.8, 4) is 5.88 Å². The van der Waals surface area contributed by atoms with Gasteiger partial charge in [0.2, 0.25) is 5.88 Å². The highest BCUT2D eigenvalue weighted by molar-refractivity contribution is 8.15. The zero-order valence-electron chi connectivity index (χ0n) is 20.4. The van der Waals surface area contributed by atoms with E-state index in [4.69, 9.17) is 15.2 Å². The van der Waals surface area contributed by atoms with E-state index in [0.717, 1.165) is 18.5 Å². The Kier molecular flexibility index (Phi) is 8.32. The predicted octanol–water partition coefficient (Wildman–Crippen LogP) is 4.66. The summed E-state index contributed by atoms with van der Waals surface area (Å²) in [4.78, 5) is 24.7. The van der Waals surface area contributed by atoms with Crippen molar-refractivity contribution < 1.29 is 36.2 Å². The van der Waals surface area contributed by atoms with Gasteiger partial charge < -0.3 is 20.5 Å². The van der Waals surface area contributed by atoms with Crippen LogP contribution in [0.3, 0.4) is 0 Å². The van der Waals surface area contributed by atoms with Gasteiger partial charge in [0.1, 0.15) is 5.69 Å². The lowest BCUT2D eigenvalue weighted by atomic mass is 9.74. The van der Waals surface area contributed by atoms with E-state index in [1.165, 1.54) is 24.9 Å². The standard InChI is InChI=1S/C23H26F5N5O3S/c1-12-21(2,11-35-4)37-20(29)33-22(12,3)14-7-13(8-15(24)18(14)25)32-19(34)16-9-31-17(10-30-16)36-6-5-23(26,27)28/h7-10,12H,5-6,11H2,1-4H3,(H2,29,33)(H,32,34)/t12-,21-,22+/m1/s1. The molecule has 0 saturated carbocycles.